The van der Waals surface area contributed by atoms with Gasteiger partial charge in [0.2, 0.25) is 5.91 Å². The molecule has 1 aromatic carbocycles. The van der Waals surface area contributed by atoms with Crippen LogP contribution < -0.4 is 22.1 Å². The minimum atomic E-state index is -0.703. The Kier molecular flexibility index (Phi) is 8.27. The van der Waals surface area contributed by atoms with Crippen LogP contribution in [0.15, 0.2) is 30.3 Å². The molecular formula is C23H31ClN8O2. The highest BCUT2D eigenvalue weighted by atomic mass is 35.5. The number of anilines is 2. The Balaban J connectivity index is 1.64. The third-order valence-electron chi connectivity index (χ3n) is 6.26. The number of piperidine rings is 1. The highest BCUT2D eigenvalue weighted by Crippen LogP contribution is 2.36. The summed E-state index contributed by atoms with van der Waals surface area (Å²) >= 11 is 5.85. The molecule has 0 aliphatic carbocycles. The molecule has 7 N–H and O–H groups in total. The van der Waals surface area contributed by atoms with Crippen LogP contribution in [0, 0.1) is 10.8 Å². The maximum atomic E-state index is 12.5. The van der Waals surface area contributed by atoms with Gasteiger partial charge in [0.15, 0.2) is 28.4 Å². The molecule has 182 valence electrons. The molecule has 1 saturated heterocycles. The van der Waals surface area contributed by atoms with Crippen LogP contribution in [-0.2, 0) is 11.2 Å². The minimum absolute atomic E-state index is 0.0721. The lowest BCUT2D eigenvalue weighted by molar-refractivity contribution is -0.133. The maximum absolute atomic E-state index is 12.5. The van der Waals surface area contributed by atoms with E-state index in [2.05, 4.69) is 32.7 Å². The molecular weight excluding hydrogens is 456 g/mol. The topological polar surface area (TPSA) is 163 Å². The minimum Gasteiger partial charge on any atom is -0.382 e. The lowest BCUT2D eigenvalue weighted by Crippen LogP contribution is -2.50. The predicted molar refractivity (Wildman–Crippen MR) is 132 cm³/mol. The fraction of sp³-hybridized carbons (Fsp3) is 0.435. The van der Waals surface area contributed by atoms with E-state index in [0.717, 1.165) is 25.7 Å². The number of amides is 2. The second-order valence-electron chi connectivity index (χ2n) is 8.54. The summed E-state index contributed by atoms with van der Waals surface area (Å²) in [5, 5.41) is 13.6. The molecule has 0 radical (unpaired) electrons. The first kappa shape index (κ1) is 25.2. The standard InChI is InChI=1S/C23H31ClN8O2/c1-2-16(33)32-12-10-23(11-13-32,9-8-15-6-4-3-5-7-15)14-28-22(27)31-21(34)17-19(25)30-20(26)18(24)29-17/h3-7H,2,8-14H2,1H3,(H4,25,26,30)(H3,27,28,31,34). The van der Waals surface area contributed by atoms with E-state index in [1.54, 1.807) is 0 Å². The molecule has 2 aromatic rings. The van der Waals surface area contributed by atoms with Crippen molar-refractivity contribution < 1.29 is 9.59 Å². The Hall–Kier alpha value is -3.40. The van der Waals surface area contributed by atoms with Crippen LogP contribution >= 0.6 is 11.6 Å². The SMILES string of the molecule is CCC(=O)N1CCC(CCc2ccccc2)(CNC(=N)NC(=O)c2nc(Cl)c(N)nc2N)CC1. The number of carbonyl (C=O) groups excluding carboxylic acids is 2. The van der Waals surface area contributed by atoms with Crippen molar-refractivity contribution >= 4 is 41.0 Å². The van der Waals surface area contributed by atoms with Gasteiger partial charge in [0, 0.05) is 26.1 Å². The first-order valence-electron chi connectivity index (χ1n) is 11.3. The van der Waals surface area contributed by atoms with Gasteiger partial charge in [-0.3, -0.25) is 20.3 Å². The van der Waals surface area contributed by atoms with Crippen LogP contribution in [0.25, 0.3) is 0 Å². The molecule has 2 heterocycles. The number of hydrogen-bond acceptors (Lipinski definition) is 7. The fourth-order valence-electron chi connectivity index (χ4n) is 4.12. The van der Waals surface area contributed by atoms with E-state index in [-0.39, 0.29) is 39.8 Å². The number of aryl methyl sites for hydroxylation is 1. The summed E-state index contributed by atoms with van der Waals surface area (Å²) < 4.78 is 0. The monoisotopic (exact) mass is 486 g/mol. The zero-order valence-corrected chi connectivity index (χ0v) is 20.0. The Morgan fingerprint density at radius 2 is 1.82 bits per heavy atom. The van der Waals surface area contributed by atoms with E-state index in [1.807, 2.05) is 30.0 Å². The average Bonchev–Trinajstić information content (AvgIpc) is 2.84. The van der Waals surface area contributed by atoms with E-state index in [0.29, 0.717) is 26.1 Å². The van der Waals surface area contributed by atoms with Crippen molar-refractivity contribution in [3.05, 3.63) is 46.7 Å². The average molecular weight is 487 g/mol. The van der Waals surface area contributed by atoms with Crippen LogP contribution in [0.1, 0.15) is 48.7 Å². The summed E-state index contributed by atoms with van der Waals surface area (Å²) in [6.07, 6.45) is 3.90. The Labute approximate surface area is 204 Å². The van der Waals surface area contributed by atoms with E-state index in [4.69, 9.17) is 28.5 Å². The van der Waals surface area contributed by atoms with Gasteiger partial charge in [0.25, 0.3) is 5.91 Å². The second-order valence-corrected chi connectivity index (χ2v) is 8.89. The number of aromatic nitrogens is 2. The Bertz CT molecular complexity index is 1040. The van der Waals surface area contributed by atoms with Crippen molar-refractivity contribution in [3.63, 3.8) is 0 Å². The van der Waals surface area contributed by atoms with Crippen molar-refractivity contribution in [1.82, 2.24) is 25.5 Å². The number of likely N-dealkylation sites (tertiary alicyclic amines) is 1. The number of halogens is 1. The first-order valence-corrected chi connectivity index (χ1v) is 11.6. The summed E-state index contributed by atoms with van der Waals surface area (Å²) in [7, 11) is 0. The lowest BCUT2D eigenvalue weighted by atomic mass is 9.74. The fourth-order valence-corrected chi connectivity index (χ4v) is 4.25. The number of guanidine groups is 1. The normalized spacial score (nSPS) is 14.9. The third-order valence-corrected chi connectivity index (χ3v) is 6.54. The summed E-state index contributed by atoms with van der Waals surface area (Å²) in [4.78, 5) is 34.2. The number of benzene rings is 1. The molecule has 1 aliphatic rings. The van der Waals surface area contributed by atoms with Crippen molar-refractivity contribution in [1.29, 1.82) is 5.41 Å². The van der Waals surface area contributed by atoms with Gasteiger partial charge in [-0.05, 0) is 36.7 Å². The lowest BCUT2D eigenvalue weighted by Gasteiger charge is -2.42. The number of rotatable bonds is 7. The second kappa shape index (κ2) is 11.1. The molecule has 1 aromatic heterocycles. The van der Waals surface area contributed by atoms with Gasteiger partial charge >= 0.3 is 0 Å². The maximum Gasteiger partial charge on any atom is 0.280 e. The Morgan fingerprint density at radius 3 is 2.47 bits per heavy atom. The number of nitrogen functional groups attached to an aromatic ring is 2. The summed E-state index contributed by atoms with van der Waals surface area (Å²) in [5.41, 5.74) is 12.2. The van der Waals surface area contributed by atoms with Gasteiger partial charge in [-0.25, -0.2) is 9.97 Å². The summed E-state index contributed by atoms with van der Waals surface area (Å²) in [6.45, 7) is 3.71. The van der Waals surface area contributed by atoms with Crippen molar-refractivity contribution in [2.75, 3.05) is 31.1 Å². The van der Waals surface area contributed by atoms with Gasteiger partial charge in [-0.15, -0.1) is 0 Å². The number of carbonyl (C=O) groups is 2. The molecule has 0 atom stereocenters. The zero-order chi connectivity index (χ0) is 24.7. The molecule has 0 unspecified atom stereocenters. The zero-order valence-electron chi connectivity index (χ0n) is 19.2. The molecule has 10 nitrogen and oxygen atoms in total. The summed E-state index contributed by atoms with van der Waals surface area (Å²) in [5.74, 6) is -0.960. The van der Waals surface area contributed by atoms with Crippen LogP contribution in [0.3, 0.4) is 0 Å². The van der Waals surface area contributed by atoms with Crippen LogP contribution in [0.4, 0.5) is 11.6 Å². The number of hydrogen-bond donors (Lipinski definition) is 5. The number of nitrogens with one attached hydrogen (secondary N) is 3. The molecule has 1 fully saturated rings. The van der Waals surface area contributed by atoms with Crippen LogP contribution in [0.2, 0.25) is 5.15 Å². The third kappa shape index (κ3) is 6.34. The van der Waals surface area contributed by atoms with Crippen molar-refractivity contribution in [3.8, 4) is 0 Å². The van der Waals surface area contributed by atoms with E-state index < -0.39 is 5.91 Å². The van der Waals surface area contributed by atoms with E-state index in [9.17, 15) is 9.59 Å². The molecule has 3 rings (SSSR count). The Morgan fingerprint density at radius 1 is 1.15 bits per heavy atom. The van der Waals surface area contributed by atoms with Crippen molar-refractivity contribution in [2.24, 2.45) is 5.41 Å². The summed E-state index contributed by atoms with van der Waals surface area (Å²) in [6, 6.07) is 10.2. The van der Waals surface area contributed by atoms with Gasteiger partial charge in [-0.1, -0.05) is 48.9 Å². The van der Waals surface area contributed by atoms with Gasteiger partial charge in [0.1, 0.15) is 0 Å². The molecule has 34 heavy (non-hydrogen) atoms. The van der Waals surface area contributed by atoms with Crippen LogP contribution in [0.5, 0.6) is 0 Å². The molecule has 2 amide bonds. The molecule has 0 bridgehead atoms. The van der Waals surface area contributed by atoms with Crippen molar-refractivity contribution in [2.45, 2.75) is 39.0 Å². The smallest absolute Gasteiger partial charge is 0.280 e. The number of nitrogens with zero attached hydrogens (tertiary/aromatic N) is 3. The highest BCUT2D eigenvalue weighted by molar-refractivity contribution is 6.31. The molecule has 0 saturated carbocycles. The first-order chi connectivity index (χ1) is 16.2. The molecule has 0 spiro atoms. The molecule has 1 aliphatic heterocycles. The van der Waals surface area contributed by atoms with Crippen LogP contribution in [-0.4, -0.2) is 52.3 Å². The quantitative estimate of drug-likeness (QED) is 0.295. The van der Waals surface area contributed by atoms with Gasteiger partial charge in [0.05, 0.1) is 0 Å². The predicted octanol–water partition coefficient (Wildman–Crippen LogP) is 2.20. The highest BCUT2D eigenvalue weighted by Gasteiger charge is 2.35. The van der Waals surface area contributed by atoms with E-state index in [1.165, 1.54) is 5.56 Å². The van der Waals surface area contributed by atoms with Gasteiger partial charge < -0.3 is 21.7 Å². The van der Waals surface area contributed by atoms with E-state index >= 15 is 0 Å². The number of nitrogens with two attached hydrogens (primary N) is 2. The van der Waals surface area contributed by atoms with Gasteiger partial charge in [-0.2, -0.15) is 0 Å². The molecule has 11 heteroatoms. The largest absolute Gasteiger partial charge is 0.382 e.